The highest BCUT2D eigenvalue weighted by Gasteiger charge is 2.08. The van der Waals surface area contributed by atoms with Crippen molar-refractivity contribution in [3.8, 4) is 0 Å². The van der Waals surface area contributed by atoms with Crippen molar-refractivity contribution in [3.63, 3.8) is 0 Å². The molecule has 3 nitrogen and oxygen atoms in total. The van der Waals surface area contributed by atoms with Gasteiger partial charge in [0, 0.05) is 12.1 Å². The number of aryl methyl sites for hydroxylation is 1. The lowest BCUT2D eigenvalue weighted by molar-refractivity contribution is -0.686. The molecule has 0 N–H and O–H groups in total. The van der Waals surface area contributed by atoms with Crippen LogP contribution in [0.3, 0.4) is 0 Å². The zero-order valence-electron chi connectivity index (χ0n) is 8.65. The molecule has 0 aliphatic carbocycles. The van der Waals surface area contributed by atoms with E-state index in [2.05, 4.69) is 6.58 Å². The van der Waals surface area contributed by atoms with E-state index in [0.29, 0.717) is 0 Å². The first-order valence-corrected chi connectivity index (χ1v) is 4.44. The summed E-state index contributed by atoms with van der Waals surface area (Å²) in [6.07, 6.45) is 5.26. The first-order valence-electron chi connectivity index (χ1n) is 4.44. The summed E-state index contributed by atoms with van der Waals surface area (Å²) in [6.45, 7) is 5.98. The maximum atomic E-state index is 11.2. The second kappa shape index (κ2) is 7.01. The molecular weight excluding hydrogens is 214 g/mol. The zero-order chi connectivity index (χ0) is 10.4. The summed E-state index contributed by atoms with van der Waals surface area (Å²) in [4.78, 5) is 11.2. The van der Waals surface area contributed by atoms with Crippen molar-refractivity contribution in [2.75, 3.05) is 6.61 Å². The monoisotopic (exact) mass is 227 g/mol. The van der Waals surface area contributed by atoms with Crippen molar-refractivity contribution < 1.29 is 26.5 Å². The Bertz CT molecular complexity index is 322. The van der Waals surface area contributed by atoms with Crippen molar-refractivity contribution in [3.05, 3.63) is 42.7 Å². The van der Waals surface area contributed by atoms with Crippen LogP contribution in [0.4, 0.5) is 0 Å². The molecule has 1 aromatic heterocycles. The van der Waals surface area contributed by atoms with Gasteiger partial charge in [-0.05, 0) is 12.5 Å². The standard InChI is InChI=1S/C11H14NO2.ClH/c1-3-8-14-11(13)9-12-6-4-10(2)5-7-12;/h3-7H,1,8-9H2,2H3;1H/q+1;/p-1. The first-order chi connectivity index (χ1) is 6.72. The van der Waals surface area contributed by atoms with Crippen LogP contribution in [-0.4, -0.2) is 12.6 Å². The van der Waals surface area contributed by atoms with Gasteiger partial charge in [0.2, 0.25) is 6.54 Å². The van der Waals surface area contributed by atoms with E-state index in [4.69, 9.17) is 4.74 Å². The third kappa shape index (κ3) is 5.18. The number of carbonyl (C=O) groups is 1. The van der Waals surface area contributed by atoms with Crippen molar-refractivity contribution in [1.29, 1.82) is 0 Å². The molecule has 0 aromatic carbocycles. The summed E-state index contributed by atoms with van der Waals surface area (Å²) in [7, 11) is 0. The highest BCUT2D eigenvalue weighted by atomic mass is 35.5. The quantitative estimate of drug-likeness (QED) is 0.339. The van der Waals surface area contributed by atoms with Gasteiger partial charge < -0.3 is 17.1 Å². The van der Waals surface area contributed by atoms with E-state index < -0.39 is 0 Å². The molecule has 15 heavy (non-hydrogen) atoms. The van der Waals surface area contributed by atoms with E-state index in [1.807, 2.05) is 31.5 Å². The number of ether oxygens (including phenoxy) is 1. The third-order valence-corrected chi connectivity index (χ3v) is 1.73. The molecular formula is C11H14ClNO2. The summed E-state index contributed by atoms with van der Waals surface area (Å²) in [5, 5.41) is 0. The number of nitrogens with zero attached hydrogens (tertiary/aromatic N) is 1. The molecule has 0 fully saturated rings. The summed E-state index contributed by atoms with van der Waals surface area (Å²) in [5.74, 6) is -0.251. The van der Waals surface area contributed by atoms with Crippen LogP contribution in [0.15, 0.2) is 37.2 Å². The Hall–Kier alpha value is -1.35. The smallest absolute Gasteiger partial charge is 0.372 e. The minimum atomic E-state index is -0.251. The van der Waals surface area contributed by atoms with Crippen LogP contribution >= 0.6 is 0 Å². The van der Waals surface area contributed by atoms with Gasteiger partial charge in [-0.15, -0.1) is 0 Å². The Balaban J connectivity index is 0.00000196. The molecule has 4 heteroatoms. The Labute approximate surface area is 95.8 Å². The van der Waals surface area contributed by atoms with Gasteiger partial charge in [0.1, 0.15) is 6.61 Å². The van der Waals surface area contributed by atoms with E-state index in [1.165, 1.54) is 5.56 Å². The maximum Gasteiger partial charge on any atom is 0.372 e. The lowest BCUT2D eigenvalue weighted by Gasteiger charge is -1.98. The Morgan fingerprint density at radius 3 is 2.67 bits per heavy atom. The number of carbonyl (C=O) groups excluding carboxylic acids is 1. The molecule has 0 saturated heterocycles. The predicted molar refractivity (Wildman–Crippen MR) is 52.5 cm³/mol. The van der Waals surface area contributed by atoms with Crippen LogP contribution < -0.4 is 17.0 Å². The fourth-order valence-corrected chi connectivity index (χ4v) is 0.984. The predicted octanol–water partition coefficient (Wildman–Crippen LogP) is -1.98. The van der Waals surface area contributed by atoms with Gasteiger partial charge in [-0.3, -0.25) is 0 Å². The molecule has 0 radical (unpaired) electrons. The van der Waals surface area contributed by atoms with Gasteiger partial charge in [-0.1, -0.05) is 12.7 Å². The summed E-state index contributed by atoms with van der Waals surface area (Å²) < 4.78 is 6.62. The van der Waals surface area contributed by atoms with Crippen LogP contribution in [0.2, 0.25) is 0 Å². The van der Waals surface area contributed by atoms with Crippen molar-refractivity contribution in [2.45, 2.75) is 13.5 Å². The number of rotatable bonds is 4. The van der Waals surface area contributed by atoms with Gasteiger partial charge in [-0.2, -0.15) is 4.57 Å². The van der Waals surface area contributed by atoms with E-state index >= 15 is 0 Å². The maximum absolute atomic E-state index is 11.2. The first kappa shape index (κ1) is 13.7. The minimum Gasteiger partial charge on any atom is -1.00 e. The molecule has 82 valence electrons. The number of pyridine rings is 1. The Morgan fingerprint density at radius 1 is 1.53 bits per heavy atom. The zero-order valence-corrected chi connectivity index (χ0v) is 9.41. The third-order valence-electron chi connectivity index (χ3n) is 1.73. The molecule has 0 amide bonds. The summed E-state index contributed by atoms with van der Waals surface area (Å²) in [5.41, 5.74) is 1.17. The second-order valence-corrected chi connectivity index (χ2v) is 3.02. The molecule has 0 spiro atoms. The molecule has 0 saturated carbocycles. The molecule has 0 aliphatic rings. The van der Waals surface area contributed by atoms with Crippen molar-refractivity contribution >= 4 is 5.97 Å². The minimum absolute atomic E-state index is 0. The van der Waals surface area contributed by atoms with Gasteiger partial charge >= 0.3 is 5.97 Å². The van der Waals surface area contributed by atoms with Crippen LogP contribution in [0.1, 0.15) is 5.56 Å². The van der Waals surface area contributed by atoms with E-state index in [9.17, 15) is 4.79 Å². The number of hydrogen-bond donors (Lipinski definition) is 0. The molecule has 0 bridgehead atoms. The average Bonchev–Trinajstić information content (AvgIpc) is 2.18. The van der Waals surface area contributed by atoms with Gasteiger partial charge in [0.15, 0.2) is 12.4 Å². The van der Waals surface area contributed by atoms with Gasteiger partial charge in [0.05, 0.1) is 0 Å². The SMILES string of the molecule is C=CCOC(=O)C[n+]1ccc(C)cc1.[Cl-]. The molecule has 0 unspecified atom stereocenters. The number of hydrogen-bond acceptors (Lipinski definition) is 2. The number of esters is 1. The highest BCUT2D eigenvalue weighted by molar-refractivity contribution is 5.67. The summed E-state index contributed by atoms with van der Waals surface area (Å²) >= 11 is 0. The molecule has 1 aromatic rings. The van der Waals surface area contributed by atoms with Crippen molar-refractivity contribution in [1.82, 2.24) is 0 Å². The topological polar surface area (TPSA) is 30.2 Å². The Kier molecular flexibility index (Phi) is 6.38. The largest absolute Gasteiger partial charge is 1.00 e. The van der Waals surface area contributed by atoms with Gasteiger partial charge in [-0.25, -0.2) is 4.79 Å². The molecule has 1 rings (SSSR count). The lowest BCUT2D eigenvalue weighted by atomic mass is 10.3. The number of halogens is 1. The average molecular weight is 228 g/mol. The van der Waals surface area contributed by atoms with Crippen LogP contribution in [-0.2, 0) is 16.1 Å². The summed E-state index contributed by atoms with van der Waals surface area (Å²) in [6, 6.07) is 3.89. The fraction of sp³-hybridized carbons (Fsp3) is 0.273. The van der Waals surface area contributed by atoms with E-state index in [1.54, 1.807) is 10.6 Å². The molecule has 0 atom stereocenters. The lowest BCUT2D eigenvalue weighted by Crippen LogP contribution is -3.00. The van der Waals surface area contributed by atoms with Crippen molar-refractivity contribution in [2.24, 2.45) is 0 Å². The van der Waals surface area contributed by atoms with Gasteiger partial charge in [0.25, 0.3) is 0 Å². The fourth-order valence-electron chi connectivity index (χ4n) is 0.984. The van der Waals surface area contributed by atoms with Crippen LogP contribution in [0.5, 0.6) is 0 Å². The van der Waals surface area contributed by atoms with Crippen LogP contribution in [0.25, 0.3) is 0 Å². The van der Waals surface area contributed by atoms with E-state index in [0.717, 1.165) is 0 Å². The second-order valence-electron chi connectivity index (χ2n) is 3.02. The Morgan fingerprint density at radius 2 is 2.13 bits per heavy atom. The number of aromatic nitrogens is 1. The normalized spacial score (nSPS) is 8.87. The van der Waals surface area contributed by atoms with Crippen LogP contribution in [0, 0.1) is 6.92 Å². The highest BCUT2D eigenvalue weighted by Crippen LogP contribution is 1.90. The molecule has 0 aliphatic heterocycles. The van der Waals surface area contributed by atoms with E-state index in [-0.39, 0.29) is 31.5 Å². The molecule has 1 heterocycles.